The van der Waals surface area contributed by atoms with E-state index >= 15 is 0 Å². The van der Waals surface area contributed by atoms with Crippen LogP contribution >= 0.6 is 15.9 Å². The zero-order chi connectivity index (χ0) is 14.5. The number of carbonyl (C=O) groups excluding carboxylic acids is 1. The number of carbonyl (C=O) groups is 1. The summed E-state index contributed by atoms with van der Waals surface area (Å²) in [7, 11) is 1.57. The molecule has 0 bridgehead atoms. The van der Waals surface area contributed by atoms with Crippen LogP contribution in [-0.2, 0) is 14.3 Å². The lowest BCUT2D eigenvalue weighted by atomic mass is 9.95. The summed E-state index contributed by atoms with van der Waals surface area (Å²) in [5, 5.41) is 3.20. The van der Waals surface area contributed by atoms with Gasteiger partial charge in [0.15, 0.2) is 5.54 Å². The summed E-state index contributed by atoms with van der Waals surface area (Å²) < 4.78 is 11.4. The Morgan fingerprint density at radius 3 is 2.47 bits per heavy atom. The van der Waals surface area contributed by atoms with Gasteiger partial charge >= 0.3 is 5.97 Å². The molecule has 1 N–H and O–H groups in total. The van der Waals surface area contributed by atoms with Crippen LogP contribution in [-0.4, -0.2) is 31.3 Å². The Morgan fingerprint density at radius 1 is 1.42 bits per heavy atom. The summed E-state index contributed by atoms with van der Waals surface area (Å²) >= 11 is 3.38. The molecule has 4 nitrogen and oxygen atoms in total. The maximum atomic E-state index is 12.2. The Hall–Kier alpha value is -1.07. The van der Waals surface area contributed by atoms with Crippen molar-refractivity contribution in [3.05, 3.63) is 28.7 Å². The van der Waals surface area contributed by atoms with E-state index in [1.807, 2.05) is 31.2 Å². The molecule has 0 aromatic heterocycles. The van der Waals surface area contributed by atoms with Gasteiger partial charge in [-0.1, -0.05) is 15.9 Å². The van der Waals surface area contributed by atoms with Gasteiger partial charge in [-0.15, -0.1) is 0 Å². The first-order valence-corrected chi connectivity index (χ1v) is 6.97. The second kappa shape index (κ2) is 6.91. The van der Waals surface area contributed by atoms with Crippen LogP contribution in [0.5, 0.6) is 0 Å². The van der Waals surface area contributed by atoms with E-state index in [0.717, 1.165) is 10.2 Å². The molecule has 2 atom stereocenters. The van der Waals surface area contributed by atoms with Crippen LogP contribution in [0.2, 0.25) is 0 Å². The molecular weight excluding hydrogens is 310 g/mol. The molecule has 0 aliphatic heterocycles. The molecule has 0 saturated carbocycles. The smallest absolute Gasteiger partial charge is 0.334 e. The molecule has 1 rings (SSSR count). The normalized spacial score (nSPS) is 15.4. The minimum absolute atomic E-state index is 0.324. The molecule has 0 aliphatic rings. The van der Waals surface area contributed by atoms with Crippen LogP contribution in [0.4, 0.5) is 5.69 Å². The van der Waals surface area contributed by atoms with Crippen LogP contribution < -0.4 is 5.32 Å². The van der Waals surface area contributed by atoms with Crippen molar-refractivity contribution < 1.29 is 14.3 Å². The minimum atomic E-state index is -0.932. The van der Waals surface area contributed by atoms with Crippen LogP contribution in [0.3, 0.4) is 0 Å². The van der Waals surface area contributed by atoms with Gasteiger partial charge in [0, 0.05) is 17.3 Å². The molecule has 5 heteroatoms. The van der Waals surface area contributed by atoms with E-state index in [4.69, 9.17) is 9.47 Å². The number of halogens is 1. The van der Waals surface area contributed by atoms with Crippen molar-refractivity contribution in [3.63, 3.8) is 0 Å². The highest BCUT2D eigenvalue weighted by Gasteiger charge is 2.40. The predicted octanol–water partition coefficient (Wildman–Crippen LogP) is 3.22. The van der Waals surface area contributed by atoms with Crippen LogP contribution in [0.25, 0.3) is 0 Å². The average Bonchev–Trinajstić information content (AvgIpc) is 2.40. The largest absolute Gasteiger partial charge is 0.464 e. The van der Waals surface area contributed by atoms with Gasteiger partial charge in [0.05, 0.1) is 12.7 Å². The molecule has 0 heterocycles. The van der Waals surface area contributed by atoms with E-state index in [9.17, 15) is 4.79 Å². The Morgan fingerprint density at radius 2 is 2.00 bits per heavy atom. The van der Waals surface area contributed by atoms with Gasteiger partial charge in [-0.2, -0.15) is 0 Å². The fourth-order valence-electron chi connectivity index (χ4n) is 1.67. The molecular formula is C14H20BrNO3. The number of rotatable bonds is 6. The van der Waals surface area contributed by atoms with Crippen molar-refractivity contribution in [1.29, 1.82) is 0 Å². The van der Waals surface area contributed by atoms with E-state index in [1.54, 1.807) is 21.0 Å². The first kappa shape index (κ1) is 16.0. The van der Waals surface area contributed by atoms with Crippen molar-refractivity contribution >= 4 is 27.6 Å². The van der Waals surface area contributed by atoms with Gasteiger partial charge in [-0.3, -0.25) is 0 Å². The Bertz CT molecular complexity index is 421. The van der Waals surface area contributed by atoms with Crippen molar-refractivity contribution in [1.82, 2.24) is 0 Å². The third-order valence-corrected chi connectivity index (χ3v) is 3.64. The lowest BCUT2D eigenvalue weighted by Crippen LogP contribution is -2.53. The summed E-state index contributed by atoms with van der Waals surface area (Å²) in [6.07, 6.45) is -0.324. The summed E-state index contributed by atoms with van der Waals surface area (Å²) in [4.78, 5) is 12.2. The number of ether oxygens (including phenoxy) is 2. The molecule has 0 spiro atoms. The van der Waals surface area contributed by atoms with Crippen LogP contribution in [0, 0.1) is 0 Å². The van der Waals surface area contributed by atoms with Crippen molar-refractivity contribution in [2.45, 2.75) is 32.4 Å². The van der Waals surface area contributed by atoms with Crippen molar-refractivity contribution in [2.75, 3.05) is 19.0 Å². The molecule has 1 aromatic rings. The van der Waals surface area contributed by atoms with Gasteiger partial charge in [0.2, 0.25) is 0 Å². The molecule has 0 saturated heterocycles. The van der Waals surface area contributed by atoms with Gasteiger partial charge in [0.25, 0.3) is 0 Å². The monoisotopic (exact) mass is 329 g/mol. The number of hydrogen-bond acceptors (Lipinski definition) is 4. The third kappa shape index (κ3) is 3.94. The van der Waals surface area contributed by atoms with E-state index in [0.29, 0.717) is 6.61 Å². The number of anilines is 1. The summed E-state index contributed by atoms with van der Waals surface area (Å²) in [5.41, 5.74) is -0.0962. The van der Waals surface area contributed by atoms with E-state index < -0.39 is 5.54 Å². The van der Waals surface area contributed by atoms with Gasteiger partial charge < -0.3 is 14.8 Å². The first-order chi connectivity index (χ1) is 8.93. The summed E-state index contributed by atoms with van der Waals surface area (Å²) in [6, 6.07) is 7.60. The Balaban J connectivity index is 2.97. The third-order valence-electron chi connectivity index (χ3n) is 3.11. The van der Waals surface area contributed by atoms with Crippen LogP contribution in [0.15, 0.2) is 28.7 Å². The zero-order valence-corrected chi connectivity index (χ0v) is 13.3. The lowest BCUT2D eigenvalue weighted by molar-refractivity contribution is -0.152. The maximum absolute atomic E-state index is 12.2. The molecule has 19 heavy (non-hydrogen) atoms. The highest BCUT2D eigenvalue weighted by molar-refractivity contribution is 9.10. The molecule has 0 radical (unpaired) electrons. The predicted molar refractivity (Wildman–Crippen MR) is 79.3 cm³/mol. The van der Waals surface area contributed by atoms with E-state index in [-0.39, 0.29) is 12.1 Å². The molecule has 106 valence electrons. The van der Waals surface area contributed by atoms with Gasteiger partial charge in [0.1, 0.15) is 0 Å². The lowest BCUT2D eigenvalue weighted by Gasteiger charge is -2.34. The fourth-order valence-corrected chi connectivity index (χ4v) is 1.93. The molecule has 0 aliphatic carbocycles. The van der Waals surface area contributed by atoms with Gasteiger partial charge in [-0.05, 0) is 45.0 Å². The second-order valence-corrected chi connectivity index (χ2v) is 5.35. The quantitative estimate of drug-likeness (QED) is 0.814. The SMILES string of the molecule is CCOC(=O)C(C)(Nc1ccc(Br)cc1)C(C)OC. The topological polar surface area (TPSA) is 47.6 Å². The zero-order valence-electron chi connectivity index (χ0n) is 11.7. The van der Waals surface area contributed by atoms with Crippen molar-refractivity contribution in [3.8, 4) is 0 Å². The first-order valence-electron chi connectivity index (χ1n) is 6.17. The van der Waals surface area contributed by atoms with Gasteiger partial charge in [-0.25, -0.2) is 4.79 Å². The number of hydrogen-bond donors (Lipinski definition) is 1. The number of methoxy groups -OCH3 is 1. The standard InChI is InChI=1S/C14H20BrNO3/c1-5-19-13(17)14(3,10(2)18-4)16-12-8-6-11(15)7-9-12/h6-10,16H,5H2,1-4H3. The van der Waals surface area contributed by atoms with E-state index in [2.05, 4.69) is 21.2 Å². The minimum Gasteiger partial charge on any atom is -0.464 e. The highest BCUT2D eigenvalue weighted by Crippen LogP contribution is 2.23. The molecule has 0 fully saturated rings. The van der Waals surface area contributed by atoms with Crippen LogP contribution in [0.1, 0.15) is 20.8 Å². The Labute approximate surface area is 122 Å². The maximum Gasteiger partial charge on any atom is 0.334 e. The van der Waals surface area contributed by atoms with E-state index in [1.165, 1.54) is 0 Å². The second-order valence-electron chi connectivity index (χ2n) is 4.43. The average molecular weight is 330 g/mol. The summed E-state index contributed by atoms with van der Waals surface area (Å²) in [5.74, 6) is -0.327. The number of esters is 1. The van der Waals surface area contributed by atoms with Crippen molar-refractivity contribution in [2.24, 2.45) is 0 Å². The molecule has 0 amide bonds. The Kier molecular flexibility index (Phi) is 5.82. The molecule has 2 unspecified atom stereocenters. The summed E-state index contributed by atoms with van der Waals surface area (Å²) in [6.45, 7) is 5.74. The number of nitrogens with one attached hydrogen (secondary N) is 1. The number of benzene rings is 1. The fraction of sp³-hybridized carbons (Fsp3) is 0.500. The molecule has 1 aromatic carbocycles. The highest BCUT2D eigenvalue weighted by atomic mass is 79.9.